The van der Waals surface area contributed by atoms with Crippen molar-refractivity contribution in [1.29, 1.82) is 0 Å². The molecule has 0 fully saturated rings. The van der Waals surface area contributed by atoms with E-state index in [-0.39, 0.29) is 32.0 Å². The van der Waals surface area contributed by atoms with Gasteiger partial charge in [0.2, 0.25) is 0 Å². The fourth-order valence-electron chi connectivity index (χ4n) is 9.15. The minimum atomic E-state index is -4.40. The fraction of sp³-hybridized carbons (Fsp3) is 0.722. The molecule has 2 atom stereocenters. The van der Waals surface area contributed by atoms with E-state index in [0.717, 1.165) is 96.3 Å². The number of unbranched alkanes of at least 4 members (excludes halogenated alkanes) is 29. The lowest BCUT2D eigenvalue weighted by Gasteiger charge is -2.24. The molecule has 0 aromatic carbocycles. The lowest BCUT2D eigenvalue weighted by molar-refractivity contribution is -0.870. The van der Waals surface area contributed by atoms with Crippen molar-refractivity contribution in [3.8, 4) is 0 Å². The number of carbonyl (C=O) groups excluding carboxylic acids is 2. The van der Waals surface area contributed by atoms with E-state index in [1.165, 1.54) is 154 Å². The summed E-state index contributed by atoms with van der Waals surface area (Å²) in [6.07, 6.45) is 87.6. The molecule has 0 rings (SSSR count). The molecule has 10 heteroatoms. The summed E-state index contributed by atoms with van der Waals surface area (Å²) < 4.78 is 34.6. The molecule has 0 aromatic heterocycles. The van der Waals surface area contributed by atoms with E-state index in [1.807, 2.05) is 21.1 Å². The van der Waals surface area contributed by atoms with Crippen LogP contribution in [0.25, 0.3) is 0 Å². The number of carbonyl (C=O) groups is 2. The van der Waals surface area contributed by atoms with Gasteiger partial charge in [-0.05, 0) is 103 Å². The Morgan fingerprint density at radius 2 is 0.695 bits per heavy atom. The Bertz CT molecular complexity index is 1750. The lowest BCUT2D eigenvalue weighted by atomic mass is 10.0. The Kier molecular flexibility index (Phi) is 59.7. The number of ether oxygens (including phenoxy) is 2. The maximum atomic E-state index is 12.9. The molecular formula is C72H127NO8P+. The third-order valence-corrected chi connectivity index (χ3v) is 15.3. The van der Waals surface area contributed by atoms with Crippen LogP contribution >= 0.6 is 7.82 Å². The molecule has 0 aliphatic rings. The van der Waals surface area contributed by atoms with Crippen molar-refractivity contribution < 1.29 is 42.1 Å². The highest BCUT2D eigenvalue weighted by atomic mass is 31.2. The monoisotopic (exact) mass is 1160 g/mol. The van der Waals surface area contributed by atoms with E-state index >= 15 is 0 Å². The van der Waals surface area contributed by atoms with Gasteiger partial charge < -0.3 is 18.9 Å². The molecule has 0 aliphatic carbocycles. The highest BCUT2D eigenvalue weighted by Gasteiger charge is 2.27. The van der Waals surface area contributed by atoms with Gasteiger partial charge in [-0.3, -0.25) is 18.6 Å². The van der Waals surface area contributed by atoms with Gasteiger partial charge in [-0.15, -0.1) is 0 Å². The van der Waals surface area contributed by atoms with Crippen molar-refractivity contribution in [3.05, 3.63) is 109 Å². The summed E-state index contributed by atoms with van der Waals surface area (Å²) in [4.78, 5) is 35.8. The van der Waals surface area contributed by atoms with Gasteiger partial charge in [-0.2, -0.15) is 0 Å². The number of allylic oxidation sites excluding steroid dienone is 18. The quantitative estimate of drug-likeness (QED) is 0.0211. The van der Waals surface area contributed by atoms with Crippen LogP contribution in [0.2, 0.25) is 0 Å². The topological polar surface area (TPSA) is 108 Å². The SMILES string of the molecule is CC/C=C\C/C=C\C/C=C\C/C=C\C/C=C\C/C=C\CCCCCCCCCCCCCCCCCCCCCCC(=O)OC(COC(=O)CCCCCCCC/C=C\C/C=C\C/C=C\CCCCC)COP(=O)(O)OCC[N+](C)(C)C. The minimum absolute atomic E-state index is 0.0267. The minimum Gasteiger partial charge on any atom is -0.462 e. The largest absolute Gasteiger partial charge is 0.472 e. The van der Waals surface area contributed by atoms with Crippen LogP contribution < -0.4 is 0 Å². The molecular weight excluding hydrogens is 1040 g/mol. The Morgan fingerprint density at radius 1 is 0.390 bits per heavy atom. The molecule has 2 unspecified atom stereocenters. The molecule has 0 bridgehead atoms. The van der Waals surface area contributed by atoms with Crippen molar-refractivity contribution in [3.63, 3.8) is 0 Å². The van der Waals surface area contributed by atoms with Crippen LogP contribution in [0.4, 0.5) is 0 Å². The third kappa shape index (κ3) is 65.8. The average molecular weight is 1170 g/mol. The van der Waals surface area contributed by atoms with E-state index < -0.39 is 26.5 Å². The first-order valence-corrected chi connectivity index (χ1v) is 35.1. The van der Waals surface area contributed by atoms with E-state index in [2.05, 4.69) is 123 Å². The molecule has 9 nitrogen and oxygen atoms in total. The number of rotatable bonds is 61. The molecule has 0 amide bonds. The summed E-state index contributed by atoms with van der Waals surface area (Å²) in [5.41, 5.74) is 0. The maximum absolute atomic E-state index is 12.9. The number of quaternary nitrogens is 1. The van der Waals surface area contributed by atoms with E-state index in [0.29, 0.717) is 17.4 Å². The Labute approximate surface area is 506 Å². The zero-order valence-corrected chi connectivity index (χ0v) is 54.6. The van der Waals surface area contributed by atoms with E-state index in [4.69, 9.17) is 18.5 Å². The van der Waals surface area contributed by atoms with Crippen molar-refractivity contribution in [2.24, 2.45) is 0 Å². The van der Waals surface area contributed by atoms with Gasteiger partial charge in [0, 0.05) is 12.8 Å². The molecule has 0 saturated carbocycles. The normalized spacial score (nSPS) is 13.9. The summed E-state index contributed by atoms with van der Waals surface area (Å²) >= 11 is 0. The number of esters is 2. The van der Waals surface area contributed by atoms with Gasteiger partial charge in [-0.25, -0.2) is 4.57 Å². The van der Waals surface area contributed by atoms with Crippen molar-refractivity contribution >= 4 is 19.8 Å². The van der Waals surface area contributed by atoms with Gasteiger partial charge in [0.1, 0.15) is 19.8 Å². The first kappa shape index (κ1) is 78.7. The molecule has 1 N–H and O–H groups in total. The summed E-state index contributed by atoms with van der Waals surface area (Å²) in [5, 5.41) is 0. The lowest BCUT2D eigenvalue weighted by Crippen LogP contribution is -2.37. The number of phosphoric acid groups is 1. The molecule has 0 aromatic rings. The van der Waals surface area contributed by atoms with Crippen LogP contribution in [0, 0.1) is 0 Å². The van der Waals surface area contributed by atoms with Crippen molar-refractivity contribution in [2.45, 2.75) is 290 Å². The third-order valence-electron chi connectivity index (χ3n) is 14.3. The Morgan fingerprint density at radius 3 is 1.04 bits per heavy atom. The van der Waals surface area contributed by atoms with Crippen molar-refractivity contribution in [2.75, 3.05) is 47.5 Å². The van der Waals surface area contributed by atoms with Gasteiger partial charge in [-0.1, -0.05) is 277 Å². The summed E-state index contributed by atoms with van der Waals surface area (Å²) in [5.74, 6) is -0.807. The highest BCUT2D eigenvalue weighted by molar-refractivity contribution is 7.47. The Hall–Kier alpha value is -3.33. The van der Waals surface area contributed by atoms with Crippen LogP contribution in [0.1, 0.15) is 284 Å². The van der Waals surface area contributed by atoms with Gasteiger partial charge >= 0.3 is 19.8 Å². The average Bonchev–Trinajstić information content (AvgIpc) is 3.46. The fourth-order valence-corrected chi connectivity index (χ4v) is 9.89. The second-order valence-electron chi connectivity index (χ2n) is 23.5. The number of phosphoric ester groups is 1. The molecule has 0 radical (unpaired) electrons. The van der Waals surface area contributed by atoms with Gasteiger partial charge in [0.05, 0.1) is 27.7 Å². The number of nitrogens with zero attached hydrogens (tertiary/aromatic N) is 1. The molecule has 472 valence electrons. The second kappa shape index (κ2) is 62.2. The predicted molar refractivity (Wildman–Crippen MR) is 353 cm³/mol. The van der Waals surface area contributed by atoms with Crippen LogP contribution in [-0.4, -0.2) is 74.9 Å². The molecule has 82 heavy (non-hydrogen) atoms. The smallest absolute Gasteiger partial charge is 0.462 e. The Balaban J connectivity index is 4.00. The first-order chi connectivity index (χ1) is 40.0. The molecule has 0 spiro atoms. The van der Waals surface area contributed by atoms with Crippen LogP contribution in [-0.2, 0) is 32.7 Å². The van der Waals surface area contributed by atoms with Crippen LogP contribution in [0.5, 0.6) is 0 Å². The number of hydrogen-bond donors (Lipinski definition) is 1. The number of hydrogen-bond acceptors (Lipinski definition) is 7. The van der Waals surface area contributed by atoms with Crippen molar-refractivity contribution in [1.82, 2.24) is 0 Å². The molecule has 0 saturated heterocycles. The summed E-state index contributed by atoms with van der Waals surface area (Å²) in [6, 6.07) is 0. The summed E-state index contributed by atoms with van der Waals surface area (Å²) in [7, 11) is 1.47. The molecule has 0 aliphatic heterocycles. The zero-order chi connectivity index (χ0) is 59.8. The first-order valence-electron chi connectivity index (χ1n) is 33.6. The maximum Gasteiger partial charge on any atom is 0.472 e. The van der Waals surface area contributed by atoms with Crippen LogP contribution in [0.3, 0.4) is 0 Å². The van der Waals surface area contributed by atoms with E-state index in [9.17, 15) is 19.0 Å². The second-order valence-corrected chi connectivity index (χ2v) is 24.9. The predicted octanol–water partition coefficient (Wildman–Crippen LogP) is 21.7. The summed E-state index contributed by atoms with van der Waals surface area (Å²) in [6.45, 7) is 4.29. The zero-order valence-electron chi connectivity index (χ0n) is 53.7. The highest BCUT2D eigenvalue weighted by Crippen LogP contribution is 2.43. The number of likely N-dealkylation sites (N-methyl/N-ethyl adjacent to an activating group) is 1. The van der Waals surface area contributed by atoms with Gasteiger partial charge in [0.15, 0.2) is 6.10 Å². The molecule has 0 heterocycles. The van der Waals surface area contributed by atoms with Gasteiger partial charge in [0.25, 0.3) is 0 Å². The van der Waals surface area contributed by atoms with E-state index in [1.54, 1.807) is 0 Å². The van der Waals surface area contributed by atoms with Crippen LogP contribution in [0.15, 0.2) is 109 Å². The standard InChI is InChI=1S/C72H126NO8P/c1-6-8-10-12-14-16-18-20-22-24-26-27-28-29-30-31-32-33-34-35-36-37-38-39-40-41-42-43-44-45-47-49-51-53-55-57-59-61-63-65-72(75)81-70(69-80-82(76,77)79-67-66-73(3,4)5)68-78-71(74)64-62-60-58-56-54-52-50-48-46-25-23-21-19-17-15-13-11-9-7-2/h8,10,14-17,20-23,26-27,29-30,32-33,46,48,70H,6-7,9,11-13,18-19,24-25,28,31,34-45,47,49-69H2,1-5H3/p+1/b10-8-,16-14-,17-15-,22-20-,23-21-,27-26-,30-29-,33-32-,48-46-.